The van der Waals surface area contributed by atoms with Crippen LogP contribution in [-0.2, 0) is 10.8 Å². The third-order valence-corrected chi connectivity index (χ3v) is 6.38. The van der Waals surface area contributed by atoms with Gasteiger partial charge in [0.25, 0.3) is 6.67 Å². The van der Waals surface area contributed by atoms with E-state index in [1.165, 1.54) is 16.8 Å². The van der Waals surface area contributed by atoms with E-state index < -0.39 is 0 Å². The zero-order chi connectivity index (χ0) is 19.8. The van der Waals surface area contributed by atoms with Crippen LogP contribution in [0.15, 0.2) is 47.6 Å². The lowest BCUT2D eigenvalue weighted by atomic mass is 9.75. The van der Waals surface area contributed by atoms with Crippen molar-refractivity contribution < 1.29 is 4.70 Å². The first-order valence-corrected chi connectivity index (χ1v) is 10.1. The fourth-order valence-corrected chi connectivity index (χ4v) is 3.57. The molecule has 0 aromatic heterocycles. The second-order valence-electron chi connectivity index (χ2n) is 9.04. The summed E-state index contributed by atoms with van der Waals surface area (Å²) in [5, 5.41) is 5.07. The van der Waals surface area contributed by atoms with Crippen LogP contribution in [0.5, 0.6) is 0 Å². The van der Waals surface area contributed by atoms with Gasteiger partial charge in [0.05, 0.1) is 5.69 Å². The zero-order valence-electron chi connectivity index (χ0n) is 18.0. The Labute approximate surface area is 164 Å². The summed E-state index contributed by atoms with van der Waals surface area (Å²) in [7, 11) is 2.18. The summed E-state index contributed by atoms with van der Waals surface area (Å²) in [5.41, 5.74) is 6.55. The van der Waals surface area contributed by atoms with Crippen molar-refractivity contribution in [1.82, 2.24) is 0 Å². The highest BCUT2D eigenvalue weighted by Gasteiger charge is 2.34. The van der Waals surface area contributed by atoms with Crippen molar-refractivity contribution in [2.45, 2.75) is 65.2 Å². The number of nitrogens with zero attached hydrogens (tertiary/aromatic N) is 3. The number of anilines is 1. The summed E-state index contributed by atoms with van der Waals surface area (Å²) in [5.74, 6) is 0. The zero-order valence-corrected chi connectivity index (χ0v) is 18.0. The molecule has 0 unspecified atom stereocenters. The second kappa shape index (κ2) is 7.10. The molecule has 3 heteroatoms. The van der Waals surface area contributed by atoms with Crippen molar-refractivity contribution in [2.75, 3.05) is 18.6 Å². The molecule has 144 valence electrons. The molecule has 3 nitrogen and oxygen atoms in total. The van der Waals surface area contributed by atoms with Gasteiger partial charge in [0.15, 0.2) is 5.69 Å². The number of azo groups is 2. The van der Waals surface area contributed by atoms with Crippen molar-refractivity contribution in [3.05, 3.63) is 53.6 Å². The van der Waals surface area contributed by atoms with Crippen LogP contribution < -0.4 is 4.90 Å². The largest absolute Gasteiger partial charge is 0.315 e. The maximum atomic E-state index is 5.07. The standard InChI is InChI=1S/C24H34N3/c1-8-23(3,4)18-15-20(24(5,6)9-2)22-21(16-18)25-27(17-26(22)7)19-13-11-10-12-14-19/h10-16H,8-9,17H2,1-7H3/q+1. The summed E-state index contributed by atoms with van der Waals surface area (Å²) >= 11 is 0. The highest BCUT2D eigenvalue weighted by atomic mass is 15.4. The van der Waals surface area contributed by atoms with E-state index in [1.54, 1.807) is 0 Å². The Morgan fingerprint density at radius 3 is 2.19 bits per heavy atom. The van der Waals surface area contributed by atoms with Gasteiger partial charge in [-0.25, -0.2) is 0 Å². The minimum atomic E-state index is 0.114. The molecule has 27 heavy (non-hydrogen) atoms. The molecule has 0 spiro atoms. The molecule has 1 aliphatic rings. The lowest BCUT2D eigenvalue weighted by Crippen LogP contribution is -2.32. The Kier molecular flexibility index (Phi) is 5.16. The molecule has 0 N–H and O–H groups in total. The molecular formula is C24H34N3+. The lowest BCUT2D eigenvalue weighted by Gasteiger charge is -2.34. The molecule has 0 fully saturated rings. The molecule has 3 rings (SSSR count). The topological polar surface area (TPSA) is 18.6 Å². The average molecular weight is 365 g/mol. The third kappa shape index (κ3) is 3.65. The fraction of sp³-hybridized carbons (Fsp3) is 0.500. The van der Waals surface area contributed by atoms with E-state index in [2.05, 4.69) is 101 Å². The molecule has 0 aliphatic carbocycles. The Balaban J connectivity index is 2.26. The van der Waals surface area contributed by atoms with Gasteiger partial charge < -0.3 is 4.90 Å². The Bertz CT molecular complexity index is 847. The monoisotopic (exact) mass is 364 g/mol. The first kappa shape index (κ1) is 19.6. The summed E-state index contributed by atoms with van der Waals surface area (Å²) in [6.45, 7) is 14.7. The summed E-state index contributed by atoms with van der Waals surface area (Å²) < 4.78 is 2.10. The molecule has 0 saturated heterocycles. The third-order valence-electron chi connectivity index (χ3n) is 6.38. The van der Waals surface area contributed by atoms with Gasteiger partial charge in [-0.2, -0.15) is 0 Å². The predicted molar refractivity (Wildman–Crippen MR) is 115 cm³/mol. The summed E-state index contributed by atoms with van der Waals surface area (Å²) in [6, 6.07) is 15.2. The van der Waals surface area contributed by atoms with Crippen LogP contribution in [0.2, 0.25) is 0 Å². The van der Waals surface area contributed by atoms with Crippen LogP contribution in [0.3, 0.4) is 0 Å². The van der Waals surface area contributed by atoms with Crippen LogP contribution in [0.1, 0.15) is 65.5 Å². The van der Waals surface area contributed by atoms with Crippen LogP contribution >= 0.6 is 0 Å². The molecule has 2 aromatic carbocycles. The van der Waals surface area contributed by atoms with Gasteiger partial charge in [0, 0.05) is 24.3 Å². The fourth-order valence-electron chi connectivity index (χ4n) is 3.57. The van der Waals surface area contributed by atoms with Gasteiger partial charge >= 0.3 is 0 Å². The SMILES string of the molecule is CCC(C)(C)c1cc2c(c(C(C)(C)CC)c1)N(C)C[N+](c1ccccc1)=N2. The van der Waals surface area contributed by atoms with E-state index in [9.17, 15) is 0 Å². The van der Waals surface area contributed by atoms with Gasteiger partial charge in [-0.3, -0.25) is 0 Å². The maximum Gasteiger partial charge on any atom is 0.250 e. The van der Waals surface area contributed by atoms with Gasteiger partial charge in [0.2, 0.25) is 5.69 Å². The van der Waals surface area contributed by atoms with E-state index in [1.807, 2.05) is 0 Å². The maximum absolute atomic E-state index is 5.07. The van der Waals surface area contributed by atoms with E-state index in [-0.39, 0.29) is 10.8 Å². The minimum Gasteiger partial charge on any atom is -0.315 e. The molecule has 0 bridgehead atoms. The van der Waals surface area contributed by atoms with Gasteiger partial charge in [-0.1, -0.05) is 70.5 Å². The number of rotatable bonds is 5. The van der Waals surface area contributed by atoms with E-state index in [0.29, 0.717) is 0 Å². The van der Waals surface area contributed by atoms with Gasteiger partial charge in [-0.15, -0.1) is 0 Å². The Morgan fingerprint density at radius 2 is 1.59 bits per heavy atom. The normalized spacial score (nSPS) is 14.8. The molecule has 1 heterocycles. The minimum absolute atomic E-state index is 0.114. The molecular weight excluding hydrogens is 330 g/mol. The quantitative estimate of drug-likeness (QED) is 0.528. The van der Waals surface area contributed by atoms with E-state index in [0.717, 1.165) is 30.9 Å². The summed E-state index contributed by atoms with van der Waals surface area (Å²) in [6.07, 6.45) is 2.21. The molecule has 2 aromatic rings. The summed E-state index contributed by atoms with van der Waals surface area (Å²) in [4.78, 5) is 2.35. The molecule has 0 saturated carbocycles. The Morgan fingerprint density at radius 1 is 0.963 bits per heavy atom. The van der Waals surface area contributed by atoms with E-state index >= 15 is 0 Å². The number of para-hydroxylation sites is 1. The van der Waals surface area contributed by atoms with E-state index in [4.69, 9.17) is 5.11 Å². The highest BCUT2D eigenvalue weighted by molar-refractivity contribution is 5.74. The number of benzene rings is 2. The highest BCUT2D eigenvalue weighted by Crippen LogP contribution is 2.46. The molecule has 0 amide bonds. The smallest absolute Gasteiger partial charge is 0.250 e. The van der Waals surface area contributed by atoms with Crippen LogP contribution in [-0.4, -0.2) is 18.4 Å². The average Bonchev–Trinajstić information content (AvgIpc) is 2.67. The number of hydrogen-bond acceptors (Lipinski definition) is 2. The molecule has 0 radical (unpaired) electrons. The predicted octanol–water partition coefficient (Wildman–Crippen LogP) is 6.90. The van der Waals surface area contributed by atoms with Crippen molar-refractivity contribution in [3.63, 3.8) is 0 Å². The number of hydrogen-bond donors (Lipinski definition) is 0. The van der Waals surface area contributed by atoms with Crippen molar-refractivity contribution >= 4 is 17.1 Å². The second-order valence-corrected chi connectivity index (χ2v) is 9.04. The van der Waals surface area contributed by atoms with Crippen LogP contribution in [0.4, 0.5) is 17.1 Å². The van der Waals surface area contributed by atoms with Crippen LogP contribution in [0, 0.1) is 0 Å². The van der Waals surface area contributed by atoms with Gasteiger partial charge in [-0.05, 0) is 40.9 Å². The Hall–Kier alpha value is -2.16. The molecule has 1 aliphatic heterocycles. The van der Waals surface area contributed by atoms with Gasteiger partial charge in [0.1, 0.15) is 0 Å². The van der Waals surface area contributed by atoms with Crippen molar-refractivity contribution in [3.8, 4) is 0 Å². The lowest BCUT2D eigenvalue weighted by molar-refractivity contribution is -0.509. The first-order valence-electron chi connectivity index (χ1n) is 10.1. The molecule has 0 atom stereocenters. The van der Waals surface area contributed by atoms with Crippen molar-refractivity contribution in [2.24, 2.45) is 5.11 Å². The first-order chi connectivity index (χ1) is 12.7. The van der Waals surface area contributed by atoms with Crippen molar-refractivity contribution in [1.29, 1.82) is 0 Å². The van der Waals surface area contributed by atoms with Crippen LogP contribution in [0.25, 0.3) is 0 Å². The number of fused-ring (bicyclic) bond motifs is 1.